The third kappa shape index (κ3) is 8.36. The molecule has 0 fully saturated rings. The zero-order valence-corrected chi connectivity index (χ0v) is 22.4. The Hall–Kier alpha value is -4.77. The molecule has 4 aromatic rings. The van der Waals surface area contributed by atoms with Gasteiger partial charge in [0.05, 0.1) is 17.1 Å². The van der Waals surface area contributed by atoms with Gasteiger partial charge in [0.2, 0.25) is 5.91 Å². The second kappa shape index (κ2) is 13.1. The first-order valence-electron chi connectivity index (χ1n) is 12.3. The molecule has 11 heteroatoms. The summed E-state index contributed by atoms with van der Waals surface area (Å²) >= 11 is 1.16. The Morgan fingerprint density at radius 2 is 1.56 bits per heavy atom. The second-order valence-electron chi connectivity index (χ2n) is 8.70. The molecule has 0 radical (unpaired) electrons. The summed E-state index contributed by atoms with van der Waals surface area (Å²) in [7, 11) is 0. The highest BCUT2D eigenvalue weighted by atomic mass is 32.2. The van der Waals surface area contributed by atoms with Gasteiger partial charge in [-0.15, -0.1) is 11.8 Å². The van der Waals surface area contributed by atoms with E-state index in [0.29, 0.717) is 21.9 Å². The van der Waals surface area contributed by atoms with Gasteiger partial charge in [-0.1, -0.05) is 30.3 Å². The lowest BCUT2D eigenvalue weighted by Crippen LogP contribution is -2.30. The van der Waals surface area contributed by atoms with E-state index in [1.165, 1.54) is 24.5 Å². The van der Waals surface area contributed by atoms with Crippen molar-refractivity contribution in [1.29, 1.82) is 0 Å². The highest BCUT2D eigenvalue weighted by Gasteiger charge is 2.30. The van der Waals surface area contributed by atoms with Crippen LogP contribution >= 0.6 is 11.8 Å². The Morgan fingerprint density at radius 1 is 0.854 bits per heavy atom. The molecule has 0 bridgehead atoms. The summed E-state index contributed by atoms with van der Waals surface area (Å²) in [5.74, 6) is -1.23. The molecule has 0 spiro atoms. The Balaban J connectivity index is 1.43. The van der Waals surface area contributed by atoms with Crippen LogP contribution < -0.4 is 16.0 Å². The van der Waals surface area contributed by atoms with Crippen molar-refractivity contribution in [1.82, 2.24) is 5.32 Å². The first kappa shape index (κ1) is 29.2. The molecule has 0 saturated heterocycles. The van der Waals surface area contributed by atoms with Crippen molar-refractivity contribution < 1.29 is 32.0 Å². The van der Waals surface area contributed by atoms with Gasteiger partial charge in [0.25, 0.3) is 11.8 Å². The molecule has 7 nitrogen and oxygen atoms in total. The number of hydrogen-bond acceptors (Lipinski definition) is 5. The highest BCUT2D eigenvalue weighted by molar-refractivity contribution is 8.00. The number of anilines is 2. The Labute approximate surface area is 237 Å². The number of furan rings is 1. The fourth-order valence-corrected chi connectivity index (χ4v) is 4.50. The van der Waals surface area contributed by atoms with Gasteiger partial charge in [0.15, 0.2) is 0 Å². The monoisotopic (exact) mass is 579 g/mol. The minimum Gasteiger partial charge on any atom is -0.465 e. The predicted octanol–water partition coefficient (Wildman–Crippen LogP) is 6.83. The van der Waals surface area contributed by atoms with E-state index >= 15 is 0 Å². The van der Waals surface area contributed by atoms with E-state index in [9.17, 15) is 27.6 Å². The van der Waals surface area contributed by atoms with Crippen molar-refractivity contribution >= 4 is 46.9 Å². The summed E-state index contributed by atoms with van der Waals surface area (Å²) in [5.41, 5.74) is -0.127. The molecule has 1 aromatic heterocycles. The van der Waals surface area contributed by atoms with Crippen LogP contribution in [0, 0.1) is 0 Å². The second-order valence-corrected chi connectivity index (χ2v) is 10.1. The third-order valence-corrected chi connectivity index (χ3v) is 6.68. The number of carbonyl (C=O) groups is 3. The number of thioether (sulfide) groups is 1. The number of hydrogen-bond donors (Lipinski definition) is 3. The Kier molecular flexibility index (Phi) is 9.30. The molecule has 3 N–H and O–H groups in total. The summed E-state index contributed by atoms with van der Waals surface area (Å²) in [5, 5.41) is 7.17. The molecule has 0 aliphatic rings. The summed E-state index contributed by atoms with van der Waals surface area (Å²) in [6, 6.07) is 22.8. The summed E-state index contributed by atoms with van der Waals surface area (Å²) < 4.78 is 44.3. The quantitative estimate of drug-likeness (QED) is 0.149. The molecule has 3 aromatic carbocycles. The van der Waals surface area contributed by atoms with Crippen LogP contribution in [0.5, 0.6) is 0 Å². The zero-order valence-electron chi connectivity index (χ0n) is 21.6. The average Bonchev–Trinajstić information content (AvgIpc) is 3.46. The number of rotatable bonds is 9. The van der Waals surface area contributed by atoms with Gasteiger partial charge in [-0.3, -0.25) is 14.4 Å². The van der Waals surface area contributed by atoms with E-state index in [1.54, 1.807) is 73.7 Å². The molecule has 0 aliphatic carbocycles. The number of alkyl halides is 3. The topological polar surface area (TPSA) is 100 Å². The SMILES string of the molecule is CC(Sc1cccc(NC(=O)/C(=C/c2ccco2)NC(=O)c2ccccc2)c1)C(=O)Nc1cccc(C(F)(F)F)c1. The molecule has 0 saturated carbocycles. The van der Waals surface area contributed by atoms with Crippen LogP contribution in [0.1, 0.15) is 28.6 Å². The van der Waals surface area contributed by atoms with Gasteiger partial charge in [0, 0.05) is 27.9 Å². The highest BCUT2D eigenvalue weighted by Crippen LogP contribution is 2.31. The maximum Gasteiger partial charge on any atom is 0.416 e. The summed E-state index contributed by atoms with van der Waals surface area (Å²) in [6.45, 7) is 1.61. The largest absolute Gasteiger partial charge is 0.465 e. The van der Waals surface area contributed by atoms with E-state index in [0.717, 1.165) is 23.9 Å². The zero-order chi connectivity index (χ0) is 29.4. The van der Waals surface area contributed by atoms with E-state index in [4.69, 9.17) is 4.42 Å². The van der Waals surface area contributed by atoms with Crippen molar-refractivity contribution in [2.45, 2.75) is 23.2 Å². The summed E-state index contributed by atoms with van der Waals surface area (Å²) in [4.78, 5) is 39.2. The molecule has 3 amide bonds. The van der Waals surface area contributed by atoms with E-state index < -0.39 is 34.7 Å². The maximum absolute atomic E-state index is 13.2. The first-order valence-corrected chi connectivity index (χ1v) is 13.1. The molecule has 210 valence electrons. The van der Waals surface area contributed by atoms with Crippen LogP contribution in [0.3, 0.4) is 0 Å². The predicted molar refractivity (Wildman–Crippen MR) is 151 cm³/mol. The van der Waals surface area contributed by atoms with Crippen LogP contribution in [-0.2, 0) is 15.8 Å². The van der Waals surface area contributed by atoms with Crippen LogP contribution in [0.2, 0.25) is 0 Å². The molecule has 0 aliphatic heterocycles. The molecular weight excluding hydrogens is 555 g/mol. The summed E-state index contributed by atoms with van der Waals surface area (Å²) in [6.07, 6.45) is -1.69. The van der Waals surface area contributed by atoms with E-state index in [2.05, 4.69) is 16.0 Å². The van der Waals surface area contributed by atoms with Gasteiger partial charge in [0.1, 0.15) is 11.5 Å². The number of halogens is 3. The molecule has 4 rings (SSSR count). The molecule has 41 heavy (non-hydrogen) atoms. The van der Waals surface area contributed by atoms with Crippen molar-refractivity contribution in [2.75, 3.05) is 10.6 Å². The Bertz CT molecular complexity index is 1550. The lowest BCUT2D eigenvalue weighted by Gasteiger charge is -2.15. The normalized spacial score (nSPS) is 12.3. The fraction of sp³-hybridized carbons (Fsp3) is 0.100. The van der Waals surface area contributed by atoms with Crippen LogP contribution in [0.25, 0.3) is 6.08 Å². The van der Waals surface area contributed by atoms with Crippen molar-refractivity contribution in [3.05, 3.63) is 120 Å². The molecule has 1 unspecified atom stereocenters. The number of amides is 3. The van der Waals surface area contributed by atoms with Gasteiger partial charge in [-0.2, -0.15) is 13.2 Å². The minimum absolute atomic E-state index is 0.0340. The standard InChI is InChI=1S/C30H24F3N3O4S/c1-19(27(37)34-22-11-5-10-21(16-22)30(31,32)33)41-25-14-6-12-23(17-25)35-29(39)26(18-24-13-7-15-40-24)36-28(38)20-8-3-2-4-9-20/h2-19H,1H3,(H,34,37)(H,35,39)(H,36,38)/b26-18-. The average molecular weight is 580 g/mol. The van der Waals surface area contributed by atoms with Gasteiger partial charge in [-0.25, -0.2) is 0 Å². The van der Waals surface area contributed by atoms with Crippen LogP contribution in [0.4, 0.5) is 24.5 Å². The van der Waals surface area contributed by atoms with E-state index in [1.807, 2.05) is 0 Å². The van der Waals surface area contributed by atoms with Gasteiger partial charge >= 0.3 is 6.18 Å². The van der Waals surface area contributed by atoms with Crippen molar-refractivity contribution in [2.24, 2.45) is 0 Å². The van der Waals surface area contributed by atoms with Crippen molar-refractivity contribution in [3.8, 4) is 0 Å². The maximum atomic E-state index is 13.2. The van der Waals surface area contributed by atoms with Gasteiger partial charge < -0.3 is 20.4 Å². The van der Waals surface area contributed by atoms with Gasteiger partial charge in [-0.05, 0) is 67.6 Å². The van der Waals surface area contributed by atoms with Crippen LogP contribution in [-0.4, -0.2) is 23.0 Å². The Morgan fingerprint density at radius 3 is 2.24 bits per heavy atom. The van der Waals surface area contributed by atoms with Crippen LogP contribution in [0.15, 0.2) is 112 Å². The molecule has 1 heterocycles. The number of benzene rings is 3. The number of nitrogens with one attached hydrogen (secondary N) is 3. The molecule has 1 atom stereocenters. The smallest absolute Gasteiger partial charge is 0.416 e. The van der Waals surface area contributed by atoms with Crippen molar-refractivity contribution in [3.63, 3.8) is 0 Å². The lowest BCUT2D eigenvalue weighted by molar-refractivity contribution is -0.137. The minimum atomic E-state index is -4.52. The third-order valence-electron chi connectivity index (χ3n) is 5.59. The first-order chi connectivity index (χ1) is 19.6. The lowest BCUT2D eigenvalue weighted by atomic mass is 10.2. The fourth-order valence-electron chi connectivity index (χ4n) is 3.58. The van der Waals surface area contributed by atoms with E-state index in [-0.39, 0.29) is 11.4 Å². The molecular formula is C30H24F3N3O4S. The number of carbonyl (C=O) groups excluding carboxylic acids is 3.